The van der Waals surface area contributed by atoms with Crippen LogP contribution in [-0.4, -0.2) is 47.0 Å². The molecule has 36 heavy (non-hydrogen) atoms. The van der Waals surface area contributed by atoms with Gasteiger partial charge in [-0.25, -0.2) is 13.4 Å². The monoisotopic (exact) mass is 568 g/mol. The Kier molecular flexibility index (Phi) is 7.16. The number of pyridine rings is 1. The molecule has 188 valence electrons. The maximum atomic E-state index is 13.4. The normalized spacial score (nSPS) is 12.0. The first-order valence-corrected chi connectivity index (χ1v) is 14.2. The Morgan fingerprint density at radius 1 is 1.08 bits per heavy atom. The fraction of sp³-hybridized carbons (Fsp3) is 0.0909. The number of amides is 1. The van der Waals surface area contributed by atoms with E-state index in [1.165, 1.54) is 31.4 Å². The van der Waals surface area contributed by atoms with Crippen molar-refractivity contribution in [3.05, 3.63) is 82.6 Å². The van der Waals surface area contributed by atoms with E-state index >= 15 is 0 Å². The van der Waals surface area contributed by atoms with Crippen LogP contribution >= 0.6 is 30.8 Å². The van der Waals surface area contributed by atoms with E-state index in [0.29, 0.717) is 26.6 Å². The average molecular weight is 569 g/mol. The average Bonchev–Trinajstić information content (AvgIpc) is 3.24. The Labute approximate surface area is 216 Å². The number of sulfonamides is 1. The molecule has 2 aromatic heterocycles. The topological polar surface area (TPSA) is 142 Å². The van der Waals surface area contributed by atoms with E-state index in [2.05, 4.69) is 10.3 Å². The van der Waals surface area contributed by atoms with E-state index in [1.54, 1.807) is 35.0 Å². The van der Waals surface area contributed by atoms with Gasteiger partial charge in [-0.3, -0.25) is 13.7 Å². The van der Waals surface area contributed by atoms with Crippen molar-refractivity contribution >= 4 is 63.3 Å². The molecule has 0 aliphatic heterocycles. The molecule has 0 atom stereocenters. The number of fused-ring (bicyclic) bond motifs is 1. The quantitative estimate of drug-likeness (QED) is 0.286. The molecule has 0 saturated carbocycles. The first-order valence-electron chi connectivity index (χ1n) is 10.2. The highest BCUT2D eigenvalue weighted by Gasteiger charge is 2.32. The van der Waals surface area contributed by atoms with Gasteiger partial charge in [-0.15, -0.1) is 0 Å². The molecule has 0 bridgehead atoms. The molecular weight excluding hydrogens is 550 g/mol. The number of carbonyl (C=O) groups excluding carboxylic acids is 1. The second kappa shape index (κ2) is 9.85. The van der Waals surface area contributed by atoms with Crippen LogP contribution in [0.3, 0.4) is 0 Å². The van der Waals surface area contributed by atoms with Gasteiger partial charge in [-0.1, -0.05) is 23.2 Å². The van der Waals surface area contributed by atoms with Crippen molar-refractivity contribution in [3.8, 4) is 5.82 Å². The van der Waals surface area contributed by atoms with Gasteiger partial charge in [0.15, 0.2) is 0 Å². The number of nitrogens with zero attached hydrogens (tertiary/aromatic N) is 3. The molecule has 0 aliphatic rings. The molecule has 0 aliphatic carbocycles. The van der Waals surface area contributed by atoms with Gasteiger partial charge in [0.25, 0.3) is 15.9 Å². The standard InChI is InChI=1S/C22H19Cl2N4O6PS/c1-25-22(29)15-4-6-26-21(9-15)27-7-5-14-8-18(2-3-20(14)27)28(13-35(30,31)32)36(33,34)19-11-16(23)10-17(24)12-19/h2-12H,13H2,1H3,(H,25,29)(H2,30,31,32). The van der Waals surface area contributed by atoms with E-state index in [-0.39, 0.29) is 26.5 Å². The molecule has 0 spiro atoms. The molecule has 14 heteroatoms. The molecular formula is C22H19Cl2N4O6PS. The summed E-state index contributed by atoms with van der Waals surface area (Å²) in [7, 11) is -7.76. The highest BCUT2D eigenvalue weighted by molar-refractivity contribution is 7.93. The minimum Gasteiger partial charge on any atom is -0.355 e. The number of anilines is 1. The van der Waals surface area contributed by atoms with Crippen LogP contribution in [0.1, 0.15) is 10.4 Å². The van der Waals surface area contributed by atoms with Crippen LogP contribution in [0.5, 0.6) is 0 Å². The van der Waals surface area contributed by atoms with Gasteiger partial charge in [0, 0.05) is 40.4 Å². The summed E-state index contributed by atoms with van der Waals surface area (Å²) >= 11 is 11.9. The number of hydrogen-bond acceptors (Lipinski definition) is 5. The van der Waals surface area contributed by atoms with Gasteiger partial charge in [0.1, 0.15) is 12.1 Å². The van der Waals surface area contributed by atoms with Gasteiger partial charge < -0.3 is 19.7 Å². The first kappa shape index (κ1) is 26.2. The molecule has 0 fully saturated rings. The van der Waals surface area contributed by atoms with E-state index in [0.717, 1.165) is 12.1 Å². The highest BCUT2D eigenvalue weighted by Crippen LogP contribution is 2.40. The number of hydrogen-bond donors (Lipinski definition) is 3. The van der Waals surface area contributed by atoms with Gasteiger partial charge in [-0.05, 0) is 54.6 Å². The molecule has 4 rings (SSSR count). The Bertz CT molecular complexity index is 1620. The zero-order chi connectivity index (χ0) is 26.3. The molecule has 4 aromatic rings. The summed E-state index contributed by atoms with van der Waals surface area (Å²) < 4.78 is 41.0. The number of carbonyl (C=O) groups is 1. The lowest BCUT2D eigenvalue weighted by Gasteiger charge is -2.25. The maximum absolute atomic E-state index is 13.4. The molecule has 1 amide bonds. The largest absolute Gasteiger partial charge is 0.355 e. The van der Waals surface area contributed by atoms with Crippen LogP contribution in [0, 0.1) is 0 Å². The van der Waals surface area contributed by atoms with Crippen molar-refractivity contribution < 1.29 is 27.6 Å². The number of nitrogens with one attached hydrogen (secondary N) is 1. The summed E-state index contributed by atoms with van der Waals surface area (Å²) in [4.78, 5) is 35.2. The Morgan fingerprint density at radius 2 is 1.78 bits per heavy atom. The molecule has 3 N–H and O–H groups in total. The van der Waals surface area contributed by atoms with Crippen molar-refractivity contribution in [2.24, 2.45) is 0 Å². The van der Waals surface area contributed by atoms with E-state index < -0.39 is 23.9 Å². The lowest BCUT2D eigenvalue weighted by molar-refractivity contribution is 0.0963. The number of aromatic nitrogens is 2. The van der Waals surface area contributed by atoms with Crippen LogP contribution in [-0.2, 0) is 14.6 Å². The summed E-state index contributed by atoms with van der Waals surface area (Å²) in [5.41, 5.74) is 1.05. The Morgan fingerprint density at radius 3 is 2.42 bits per heavy atom. The van der Waals surface area contributed by atoms with E-state index in [4.69, 9.17) is 23.2 Å². The summed E-state index contributed by atoms with van der Waals surface area (Å²) in [6, 6.07) is 13.0. The van der Waals surface area contributed by atoms with Crippen LogP contribution < -0.4 is 9.62 Å². The van der Waals surface area contributed by atoms with Gasteiger partial charge in [0.2, 0.25) is 0 Å². The highest BCUT2D eigenvalue weighted by atomic mass is 35.5. The second-order valence-electron chi connectivity index (χ2n) is 7.68. The van der Waals surface area contributed by atoms with Crippen LogP contribution in [0.4, 0.5) is 5.69 Å². The summed E-state index contributed by atoms with van der Waals surface area (Å²) in [5.74, 6) is 0.170. The van der Waals surface area contributed by atoms with Crippen molar-refractivity contribution in [2.45, 2.75) is 4.90 Å². The van der Waals surface area contributed by atoms with Crippen molar-refractivity contribution in [3.63, 3.8) is 0 Å². The fourth-order valence-electron chi connectivity index (χ4n) is 3.59. The molecule has 10 nitrogen and oxygen atoms in total. The summed E-state index contributed by atoms with van der Waals surface area (Å²) in [5, 5.41) is 3.21. The minimum atomic E-state index is -4.82. The predicted molar refractivity (Wildman–Crippen MR) is 137 cm³/mol. The zero-order valence-corrected chi connectivity index (χ0v) is 21.8. The molecule has 0 saturated heterocycles. The summed E-state index contributed by atoms with van der Waals surface area (Å²) in [6.07, 6.45) is 2.08. The zero-order valence-electron chi connectivity index (χ0n) is 18.5. The number of rotatable bonds is 7. The number of benzene rings is 2. The number of halogens is 2. The first-order chi connectivity index (χ1) is 16.9. The van der Waals surface area contributed by atoms with Crippen molar-refractivity contribution in [1.82, 2.24) is 14.9 Å². The lowest BCUT2D eigenvalue weighted by Crippen LogP contribution is -2.32. The predicted octanol–water partition coefficient (Wildman–Crippen LogP) is 4.02. The van der Waals surface area contributed by atoms with E-state index in [1.807, 2.05) is 0 Å². The Hall–Kier alpha value is -2.92. The maximum Gasteiger partial charge on any atom is 0.345 e. The molecule has 2 aromatic carbocycles. The van der Waals surface area contributed by atoms with Crippen LogP contribution in [0.2, 0.25) is 10.0 Å². The minimum absolute atomic E-state index is 0.0201. The van der Waals surface area contributed by atoms with Gasteiger partial charge in [0.05, 0.1) is 16.1 Å². The van der Waals surface area contributed by atoms with Crippen LogP contribution in [0.15, 0.2) is 71.9 Å². The smallest absolute Gasteiger partial charge is 0.345 e. The second-order valence-corrected chi connectivity index (χ2v) is 12.0. The third-order valence-corrected chi connectivity index (χ3v) is 8.21. The van der Waals surface area contributed by atoms with Gasteiger partial charge in [-0.2, -0.15) is 0 Å². The molecule has 0 radical (unpaired) electrons. The SMILES string of the molecule is CNC(=O)c1ccnc(-n2ccc3cc(N(CP(=O)(O)O)S(=O)(=O)c4cc(Cl)cc(Cl)c4)ccc32)c1. The lowest BCUT2D eigenvalue weighted by atomic mass is 10.2. The van der Waals surface area contributed by atoms with Crippen molar-refractivity contribution in [2.75, 3.05) is 17.6 Å². The molecule has 0 unspecified atom stereocenters. The third kappa shape index (κ3) is 5.41. The van der Waals surface area contributed by atoms with Crippen LogP contribution in [0.25, 0.3) is 16.7 Å². The third-order valence-electron chi connectivity index (χ3n) is 5.18. The molecule has 2 heterocycles. The van der Waals surface area contributed by atoms with Crippen molar-refractivity contribution in [1.29, 1.82) is 0 Å². The summed E-state index contributed by atoms with van der Waals surface area (Å²) in [6.45, 7) is 0. The van der Waals surface area contributed by atoms with Gasteiger partial charge >= 0.3 is 7.60 Å². The van der Waals surface area contributed by atoms with E-state index in [9.17, 15) is 27.6 Å². The fourth-order valence-corrected chi connectivity index (χ4v) is 7.00. The Balaban J connectivity index is 1.81.